The summed E-state index contributed by atoms with van der Waals surface area (Å²) in [5.41, 5.74) is 0.961. The van der Waals surface area contributed by atoms with Gasteiger partial charge in [-0.25, -0.2) is 9.97 Å². The van der Waals surface area contributed by atoms with E-state index in [1.807, 2.05) is 7.05 Å². The van der Waals surface area contributed by atoms with Gasteiger partial charge in [-0.3, -0.25) is 0 Å². The van der Waals surface area contributed by atoms with E-state index in [0.717, 1.165) is 24.6 Å². The minimum Gasteiger partial charge on any atom is -0.343 e. The quantitative estimate of drug-likeness (QED) is 0.750. The Morgan fingerprint density at radius 1 is 1.29 bits per heavy atom. The summed E-state index contributed by atoms with van der Waals surface area (Å²) >= 11 is 5.71. The molecule has 1 saturated heterocycles. The third-order valence-corrected chi connectivity index (χ3v) is 3.45. The maximum Gasteiger partial charge on any atom is 0.225 e. The molecular weight excluding hydrogens is 236 g/mol. The normalized spacial score (nSPS) is 16.4. The maximum atomic E-state index is 5.71. The zero-order chi connectivity index (χ0) is 12.1. The number of anilines is 1. The number of hydrogen-bond donors (Lipinski definition) is 0. The fourth-order valence-corrected chi connectivity index (χ4v) is 2.15. The van der Waals surface area contributed by atoms with Crippen LogP contribution in [0.1, 0.15) is 18.4 Å². The summed E-state index contributed by atoms with van der Waals surface area (Å²) in [6, 6.07) is 0. The molecule has 94 valence electrons. The maximum absolute atomic E-state index is 5.71. The first-order valence-corrected chi connectivity index (χ1v) is 6.63. The number of aromatic nitrogens is 2. The molecular formula is C12H19ClN4. The van der Waals surface area contributed by atoms with E-state index in [1.54, 1.807) is 12.4 Å². The highest BCUT2D eigenvalue weighted by Gasteiger charge is 2.12. The molecule has 0 bridgehead atoms. The summed E-state index contributed by atoms with van der Waals surface area (Å²) in [6.45, 7) is 4.54. The predicted molar refractivity (Wildman–Crippen MR) is 70.5 cm³/mol. The van der Waals surface area contributed by atoms with E-state index in [4.69, 9.17) is 11.6 Å². The lowest BCUT2D eigenvalue weighted by Gasteiger charge is -2.21. The third-order valence-electron chi connectivity index (χ3n) is 3.14. The molecule has 4 nitrogen and oxygen atoms in total. The van der Waals surface area contributed by atoms with Crippen LogP contribution >= 0.6 is 11.6 Å². The zero-order valence-corrected chi connectivity index (χ0v) is 11.0. The average molecular weight is 255 g/mol. The van der Waals surface area contributed by atoms with E-state index in [1.165, 1.54) is 25.9 Å². The van der Waals surface area contributed by atoms with Gasteiger partial charge in [0.15, 0.2) is 0 Å². The lowest BCUT2D eigenvalue weighted by molar-refractivity contribution is 0.346. The molecule has 1 aliphatic heterocycles. The van der Waals surface area contributed by atoms with Gasteiger partial charge in [-0.2, -0.15) is 0 Å². The van der Waals surface area contributed by atoms with Crippen LogP contribution in [0.15, 0.2) is 12.4 Å². The summed E-state index contributed by atoms with van der Waals surface area (Å²) in [5, 5.41) is 0. The highest BCUT2D eigenvalue weighted by Crippen LogP contribution is 2.09. The van der Waals surface area contributed by atoms with Crippen LogP contribution in [0.2, 0.25) is 0 Å². The first kappa shape index (κ1) is 12.6. The van der Waals surface area contributed by atoms with Crippen molar-refractivity contribution in [3.05, 3.63) is 18.0 Å². The molecule has 1 fully saturated rings. The summed E-state index contributed by atoms with van der Waals surface area (Å²) in [5.74, 6) is 1.25. The standard InChI is InChI=1S/C12H19ClN4/c1-16(6-7-17-4-2-3-5-17)12-14-9-11(8-13)10-15-12/h9-10H,2-8H2,1H3. The van der Waals surface area contributed by atoms with Gasteiger partial charge in [0.05, 0.1) is 5.88 Å². The Bertz CT molecular complexity index is 335. The Labute approximate surface area is 108 Å². The van der Waals surface area contributed by atoms with Crippen LogP contribution in [0.25, 0.3) is 0 Å². The van der Waals surface area contributed by atoms with Crippen molar-refractivity contribution in [2.24, 2.45) is 0 Å². The molecule has 1 aliphatic rings. The molecule has 0 aliphatic carbocycles. The molecule has 0 saturated carbocycles. The zero-order valence-electron chi connectivity index (χ0n) is 10.3. The molecule has 0 atom stereocenters. The predicted octanol–water partition coefficient (Wildman–Crippen LogP) is 1.75. The van der Waals surface area contributed by atoms with Gasteiger partial charge < -0.3 is 9.80 Å². The number of hydrogen-bond acceptors (Lipinski definition) is 4. The largest absolute Gasteiger partial charge is 0.343 e. The molecule has 0 amide bonds. The van der Waals surface area contributed by atoms with E-state index in [2.05, 4.69) is 19.8 Å². The molecule has 2 rings (SSSR count). The monoisotopic (exact) mass is 254 g/mol. The molecule has 1 aromatic heterocycles. The topological polar surface area (TPSA) is 32.3 Å². The molecule has 17 heavy (non-hydrogen) atoms. The molecule has 0 aromatic carbocycles. The van der Waals surface area contributed by atoms with Crippen molar-refractivity contribution >= 4 is 17.5 Å². The van der Waals surface area contributed by atoms with E-state index >= 15 is 0 Å². The number of alkyl halides is 1. The molecule has 0 radical (unpaired) electrons. The second kappa shape index (κ2) is 6.17. The Morgan fingerprint density at radius 3 is 2.53 bits per heavy atom. The van der Waals surface area contributed by atoms with Gasteiger partial charge in [0.1, 0.15) is 0 Å². The van der Waals surface area contributed by atoms with Gasteiger partial charge in [-0.1, -0.05) is 0 Å². The van der Waals surface area contributed by atoms with Crippen molar-refractivity contribution < 1.29 is 0 Å². The molecule has 0 spiro atoms. The van der Waals surface area contributed by atoms with Gasteiger partial charge in [0.25, 0.3) is 0 Å². The number of halogens is 1. The number of likely N-dealkylation sites (N-methyl/N-ethyl adjacent to an activating group) is 1. The third kappa shape index (κ3) is 3.54. The summed E-state index contributed by atoms with van der Waals surface area (Å²) in [6.07, 6.45) is 6.26. The minimum absolute atomic E-state index is 0.470. The van der Waals surface area contributed by atoms with Gasteiger partial charge in [0, 0.05) is 38.1 Å². The molecule has 1 aromatic rings. The van der Waals surface area contributed by atoms with Crippen molar-refractivity contribution in [1.29, 1.82) is 0 Å². The SMILES string of the molecule is CN(CCN1CCCC1)c1ncc(CCl)cn1. The molecule has 5 heteroatoms. The van der Waals surface area contributed by atoms with Gasteiger partial charge in [0.2, 0.25) is 5.95 Å². The van der Waals surface area contributed by atoms with Crippen molar-refractivity contribution in [1.82, 2.24) is 14.9 Å². The highest BCUT2D eigenvalue weighted by molar-refractivity contribution is 6.17. The van der Waals surface area contributed by atoms with E-state index in [9.17, 15) is 0 Å². The van der Waals surface area contributed by atoms with Crippen molar-refractivity contribution in [3.8, 4) is 0 Å². The lowest BCUT2D eigenvalue weighted by Crippen LogP contribution is -2.32. The fourth-order valence-electron chi connectivity index (χ4n) is 2.01. The van der Waals surface area contributed by atoms with Crippen molar-refractivity contribution in [2.75, 3.05) is 38.1 Å². The second-order valence-corrected chi connectivity index (χ2v) is 4.76. The van der Waals surface area contributed by atoms with Crippen LogP contribution in [0.4, 0.5) is 5.95 Å². The van der Waals surface area contributed by atoms with Crippen LogP contribution in [-0.4, -0.2) is 48.1 Å². The number of nitrogens with zero attached hydrogens (tertiary/aromatic N) is 4. The molecule has 0 unspecified atom stereocenters. The number of likely N-dealkylation sites (tertiary alicyclic amines) is 1. The van der Waals surface area contributed by atoms with Gasteiger partial charge >= 0.3 is 0 Å². The first-order valence-electron chi connectivity index (χ1n) is 6.10. The van der Waals surface area contributed by atoms with E-state index < -0.39 is 0 Å². The Balaban J connectivity index is 1.83. The van der Waals surface area contributed by atoms with Crippen LogP contribution < -0.4 is 4.90 Å². The average Bonchev–Trinajstić information content (AvgIpc) is 2.89. The summed E-state index contributed by atoms with van der Waals surface area (Å²) < 4.78 is 0. The van der Waals surface area contributed by atoms with Crippen LogP contribution in [0, 0.1) is 0 Å². The van der Waals surface area contributed by atoms with Crippen LogP contribution in [-0.2, 0) is 5.88 Å². The van der Waals surface area contributed by atoms with Crippen molar-refractivity contribution in [2.45, 2.75) is 18.7 Å². The van der Waals surface area contributed by atoms with Crippen LogP contribution in [0.3, 0.4) is 0 Å². The fraction of sp³-hybridized carbons (Fsp3) is 0.667. The lowest BCUT2D eigenvalue weighted by atomic mass is 10.4. The van der Waals surface area contributed by atoms with Crippen molar-refractivity contribution in [3.63, 3.8) is 0 Å². The van der Waals surface area contributed by atoms with E-state index in [-0.39, 0.29) is 0 Å². The smallest absolute Gasteiger partial charge is 0.225 e. The number of rotatable bonds is 5. The van der Waals surface area contributed by atoms with Gasteiger partial charge in [-0.15, -0.1) is 11.6 Å². The minimum atomic E-state index is 0.470. The Morgan fingerprint density at radius 2 is 1.94 bits per heavy atom. The summed E-state index contributed by atoms with van der Waals surface area (Å²) in [7, 11) is 2.03. The molecule has 0 N–H and O–H groups in total. The first-order chi connectivity index (χ1) is 8.29. The molecule has 2 heterocycles. The van der Waals surface area contributed by atoms with Gasteiger partial charge in [-0.05, 0) is 25.9 Å². The Hall–Kier alpha value is -0.870. The second-order valence-electron chi connectivity index (χ2n) is 4.50. The van der Waals surface area contributed by atoms with E-state index in [0.29, 0.717) is 5.88 Å². The summed E-state index contributed by atoms with van der Waals surface area (Å²) in [4.78, 5) is 13.2. The highest BCUT2D eigenvalue weighted by atomic mass is 35.5. The Kier molecular flexibility index (Phi) is 4.57. The van der Waals surface area contributed by atoms with Crippen LogP contribution in [0.5, 0.6) is 0 Å².